The Morgan fingerprint density at radius 3 is 2.43 bits per heavy atom. The van der Waals surface area contributed by atoms with Crippen LogP contribution >= 0.6 is 11.5 Å². The molecule has 1 atom stereocenters. The zero-order valence-corrected chi connectivity index (χ0v) is 15.6. The van der Waals surface area contributed by atoms with Crippen molar-refractivity contribution < 1.29 is 23.8 Å². The van der Waals surface area contributed by atoms with Crippen LogP contribution in [0.1, 0.15) is 12.8 Å². The van der Waals surface area contributed by atoms with Gasteiger partial charge in [-0.05, 0) is 24.4 Å². The van der Waals surface area contributed by atoms with E-state index in [0.717, 1.165) is 35.6 Å². The summed E-state index contributed by atoms with van der Waals surface area (Å²) in [5.74, 6) is -2.80. The molecule has 3 fully saturated rings. The van der Waals surface area contributed by atoms with Gasteiger partial charge in [-0.25, -0.2) is 14.5 Å². The Hall–Kier alpha value is -2.78. The predicted molar refractivity (Wildman–Crippen MR) is 98.1 cm³/mol. The Balaban J connectivity index is 1.47. The van der Waals surface area contributed by atoms with Gasteiger partial charge < -0.3 is 14.2 Å². The van der Waals surface area contributed by atoms with Crippen LogP contribution in [0.2, 0.25) is 0 Å². The first-order valence-corrected chi connectivity index (χ1v) is 9.86. The molecule has 9 heteroatoms. The van der Waals surface area contributed by atoms with Gasteiger partial charge in [-0.2, -0.15) is 4.98 Å². The van der Waals surface area contributed by atoms with E-state index in [1.165, 1.54) is 11.5 Å². The van der Waals surface area contributed by atoms with Crippen LogP contribution in [0.3, 0.4) is 0 Å². The first-order valence-electron chi connectivity index (χ1n) is 9.09. The van der Waals surface area contributed by atoms with Crippen LogP contribution in [-0.4, -0.2) is 51.3 Å². The predicted octanol–water partition coefficient (Wildman–Crippen LogP) is 1.99. The van der Waals surface area contributed by atoms with Crippen LogP contribution in [0.25, 0.3) is 10.6 Å². The lowest BCUT2D eigenvalue weighted by atomic mass is 9.82. The molecule has 4 aliphatic rings. The fourth-order valence-corrected chi connectivity index (χ4v) is 4.60. The Bertz CT molecular complexity index is 916. The zero-order valence-electron chi connectivity index (χ0n) is 14.8. The van der Waals surface area contributed by atoms with E-state index in [9.17, 15) is 9.59 Å². The van der Waals surface area contributed by atoms with Gasteiger partial charge >= 0.3 is 23.9 Å². The van der Waals surface area contributed by atoms with E-state index in [1.807, 2.05) is 35.2 Å². The Morgan fingerprint density at radius 1 is 1.07 bits per heavy atom. The molecule has 6 rings (SSSR count). The maximum atomic E-state index is 12.1. The van der Waals surface area contributed by atoms with E-state index in [0.29, 0.717) is 13.1 Å². The number of benzene rings is 1. The summed E-state index contributed by atoms with van der Waals surface area (Å²) in [5.41, 5.74) is 0.940. The summed E-state index contributed by atoms with van der Waals surface area (Å²) < 4.78 is 21.6. The molecule has 3 saturated heterocycles. The molecule has 0 amide bonds. The average molecular weight is 399 g/mol. The zero-order chi connectivity index (χ0) is 19.1. The van der Waals surface area contributed by atoms with Crippen molar-refractivity contribution in [1.82, 2.24) is 14.3 Å². The van der Waals surface area contributed by atoms with E-state index >= 15 is 0 Å². The highest BCUT2D eigenvalue weighted by atomic mass is 32.1. The fraction of sp³-hybridized carbons (Fsp3) is 0.368. The molecule has 8 nitrogen and oxygen atoms in total. The number of hydrogen-bond acceptors (Lipinski definition) is 9. The number of piperidine rings is 3. The minimum Gasteiger partial charge on any atom is -0.449 e. The minimum absolute atomic E-state index is 0.0624. The van der Waals surface area contributed by atoms with E-state index < -0.39 is 24.0 Å². The van der Waals surface area contributed by atoms with Crippen LogP contribution in [-0.2, 0) is 19.1 Å². The fourth-order valence-electron chi connectivity index (χ4n) is 3.99. The molecule has 1 aromatic carbocycles. The summed E-state index contributed by atoms with van der Waals surface area (Å²) in [6, 6.07) is 9.86. The van der Waals surface area contributed by atoms with Crippen molar-refractivity contribution in [3.8, 4) is 16.6 Å². The number of hydrogen-bond donors (Lipinski definition) is 0. The second-order valence-electron chi connectivity index (χ2n) is 6.92. The second kappa shape index (κ2) is 6.68. The average Bonchev–Trinajstić information content (AvgIpc) is 3.13. The SMILES string of the molecule is O=C1C=CC(=O)OC2(O1)C(Oc1nsc(-c3ccccc3)n1)C1CCN2CC1. The number of rotatable bonds is 3. The van der Waals surface area contributed by atoms with Crippen LogP contribution in [0, 0.1) is 5.92 Å². The molecule has 2 bridgehead atoms. The summed E-state index contributed by atoms with van der Waals surface area (Å²) in [6.45, 7) is 1.32. The third kappa shape index (κ3) is 2.87. The van der Waals surface area contributed by atoms with Crippen molar-refractivity contribution in [2.75, 3.05) is 13.1 Å². The number of fused-ring (bicyclic) bond motifs is 2. The third-order valence-corrected chi connectivity index (χ3v) is 6.03. The van der Waals surface area contributed by atoms with E-state index in [4.69, 9.17) is 14.2 Å². The molecule has 1 aromatic heterocycles. The van der Waals surface area contributed by atoms with Crippen molar-refractivity contribution >= 4 is 23.5 Å². The quantitative estimate of drug-likeness (QED) is 0.724. The van der Waals surface area contributed by atoms with E-state index in [2.05, 4.69) is 9.36 Å². The van der Waals surface area contributed by atoms with Crippen LogP contribution < -0.4 is 4.74 Å². The van der Waals surface area contributed by atoms with Gasteiger partial charge in [0.15, 0.2) is 6.10 Å². The van der Waals surface area contributed by atoms with Crippen molar-refractivity contribution in [2.45, 2.75) is 24.9 Å². The van der Waals surface area contributed by atoms with Crippen molar-refractivity contribution in [1.29, 1.82) is 0 Å². The lowest BCUT2D eigenvalue weighted by Crippen LogP contribution is -2.71. The molecule has 5 heterocycles. The van der Waals surface area contributed by atoms with E-state index in [-0.39, 0.29) is 11.9 Å². The van der Waals surface area contributed by atoms with Crippen molar-refractivity contribution in [3.05, 3.63) is 42.5 Å². The molecule has 0 N–H and O–H groups in total. The molecule has 144 valence electrons. The van der Waals surface area contributed by atoms with E-state index in [1.54, 1.807) is 0 Å². The van der Waals surface area contributed by atoms with Crippen molar-refractivity contribution in [3.63, 3.8) is 0 Å². The highest BCUT2D eigenvalue weighted by molar-refractivity contribution is 7.09. The lowest BCUT2D eigenvalue weighted by molar-refractivity contribution is -0.349. The van der Waals surface area contributed by atoms with Gasteiger partial charge in [-0.1, -0.05) is 30.3 Å². The summed E-state index contributed by atoms with van der Waals surface area (Å²) in [5, 5.41) is 0.724. The van der Waals surface area contributed by atoms with Gasteiger partial charge in [0.05, 0.1) is 0 Å². The number of esters is 2. The van der Waals surface area contributed by atoms with Gasteiger partial charge in [0.1, 0.15) is 5.01 Å². The van der Waals surface area contributed by atoms with Gasteiger partial charge in [-0.15, -0.1) is 4.37 Å². The van der Waals surface area contributed by atoms with Gasteiger partial charge in [0.2, 0.25) is 0 Å². The number of carbonyl (C=O) groups is 2. The largest absolute Gasteiger partial charge is 0.449 e. The number of nitrogens with zero attached hydrogens (tertiary/aromatic N) is 3. The number of ether oxygens (including phenoxy) is 3. The van der Waals surface area contributed by atoms with Crippen LogP contribution in [0.15, 0.2) is 42.5 Å². The van der Waals surface area contributed by atoms with Gasteiger partial charge in [-0.3, -0.25) is 0 Å². The summed E-state index contributed by atoms with van der Waals surface area (Å²) in [7, 11) is 0. The molecule has 1 unspecified atom stereocenters. The monoisotopic (exact) mass is 399 g/mol. The molecular weight excluding hydrogens is 382 g/mol. The summed E-state index contributed by atoms with van der Waals surface area (Å²) in [4.78, 5) is 30.5. The van der Waals surface area contributed by atoms with Gasteiger partial charge in [0.25, 0.3) is 0 Å². The molecule has 0 saturated carbocycles. The third-order valence-electron chi connectivity index (χ3n) is 5.28. The molecule has 2 aromatic rings. The molecular formula is C19H17N3O5S. The number of aromatic nitrogens is 2. The molecule has 4 aliphatic heterocycles. The van der Waals surface area contributed by atoms with Gasteiger partial charge in [0, 0.05) is 36.7 Å². The Kier molecular flexibility index (Phi) is 4.13. The smallest absolute Gasteiger partial charge is 0.359 e. The Labute approximate surface area is 164 Å². The topological polar surface area (TPSA) is 90.9 Å². The molecule has 0 aliphatic carbocycles. The number of carbonyl (C=O) groups excluding carboxylic acids is 2. The van der Waals surface area contributed by atoms with Crippen molar-refractivity contribution in [2.24, 2.45) is 5.92 Å². The first-order chi connectivity index (χ1) is 13.6. The summed E-state index contributed by atoms with van der Waals surface area (Å²) in [6.07, 6.45) is 3.16. The van der Waals surface area contributed by atoms with Crippen LogP contribution in [0.4, 0.5) is 0 Å². The van der Waals surface area contributed by atoms with Crippen LogP contribution in [0.5, 0.6) is 6.01 Å². The maximum Gasteiger partial charge on any atom is 0.359 e. The Morgan fingerprint density at radius 2 is 1.75 bits per heavy atom. The highest BCUT2D eigenvalue weighted by Crippen LogP contribution is 2.44. The first kappa shape index (κ1) is 17.3. The molecule has 28 heavy (non-hydrogen) atoms. The molecule has 0 radical (unpaired) electrons. The standard InChI is InChI=1S/C19H17N3O5S/c23-14-6-7-15(24)27-19(26-14)16(12-8-10-22(19)11-9-12)25-18-20-17(28-21-18)13-4-2-1-3-5-13/h1-7,12,16H,8-11H2. The minimum atomic E-state index is -1.59. The lowest BCUT2D eigenvalue weighted by Gasteiger charge is -2.54. The normalized spacial score (nSPS) is 27.9. The summed E-state index contributed by atoms with van der Waals surface area (Å²) >= 11 is 1.22. The second-order valence-corrected chi connectivity index (χ2v) is 7.67. The molecule has 1 spiro atoms. The maximum absolute atomic E-state index is 12.1. The highest BCUT2D eigenvalue weighted by Gasteiger charge is 2.62.